The summed E-state index contributed by atoms with van der Waals surface area (Å²) in [7, 11) is 0. The van der Waals surface area contributed by atoms with Crippen LogP contribution in [0.15, 0.2) is 24.5 Å². The van der Waals surface area contributed by atoms with Gasteiger partial charge in [0.05, 0.1) is 19.1 Å². The second-order valence-electron chi connectivity index (χ2n) is 8.46. The Kier molecular flexibility index (Phi) is 9.49. The Morgan fingerprint density at radius 1 is 1.06 bits per heavy atom. The van der Waals surface area contributed by atoms with Crippen molar-refractivity contribution in [3.8, 4) is 11.5 Å². The van der Waals surface area contributed by atoms with Crippen LogP contribution in [0.1, 0.15) is 45.4 Å². The fourth-order valence-electron chi connectivity index (χ4n) is 4.20. The first-order chi connectivity index (χ1) is 16.2. The molecule has 1 aliphatic carbocycles. The predicted molar refractivity (Wildman–Crippen MR) is 109 cm³/mol. The number of alkyl halides is 2. The lowest BCUT2D eigenvalue weighted by atomic mass is 9.79. The van der Waals surface area contributed by atoms with Crippen molar-refractivity contribution >= 4 is 0 Å². The van der Waals surface area contributed by atoms with Crippen molar-refractivity contribution in [2.75, 3.05) is 19.8 Å². The van der Waals surface area contributed by atoms with Gasteiger partial charge in [0.2, 0.25) is 0 Å². The van der Waals surface area contributed by atoms with E-state index in [0.717, 1.165) is 37.8 Å². The first-order valence-electron chi connectivity index (χ1n) is 11.3. The van der Waals surface area contributed by atoms with E-state index in [1.807, 2.05) is 0 Å². The normalized spacial score (nSPS) is 25.6. The quantitative estimate of drug-likeness (QED) is 0.275. The molecule has 1 aromatic carbocycles. The number of hydrogen-bond donors (Lipinski definition) is 0. The molecule has 192 valence electrons. The summed E-state index contributed by atoms with van der Waals surface area (Å²) in [5, 5.41) is 0. The van der Waals surface area contributed by atoms with Crippen molar-refractivity contribution in [1.82, 2.24) is 0 Å². The molecule has 0 bridgehead atoms. The van der Waals surface area contributed by atoms with Crippen LogP contribution in [0.25, 0.3) is 0 Å². The SMILES string of the molecule is CCCC1CCC(C(F)(F)OC2COC(COc3cc(F)c(OC=C(F)F)c(F)c3)OC2)CC1. The predicted octanol–water partition coefficient (Wildman–Crippen LogP) is 6.42. The molecule has 1 heterocycles. The molecule has 11 heteroatoms. The van der Waals surface area contributed by atoms with Crippen LogP contribution >= 0.6 is 0 Å². The monoisotopic (exact) mass is 498 g/mol. The van der Waals surface area contributed by atoms with Gasteiger partial charge in [0.1, 0.15) is 18.5 Å². The Balaban J connectivity index is 1.42. The highest BCUT2D eigenvalue weighted by molar-refractivity contribution is 5.35. The molecular formula is C23H28F6O5. The van der Waals surface area contributed by atoms with Crippen LogP contribution in [0.3, 0.4) is 0 Å². The zero-order chi connectivity index (χ0) is 24.7. The van der Waals surface area contributed by atoms with Crippen LogP contribution < -0.4 is 9.47 Å². The second-order valence-corrected chi connectivity index (χ2v) is 8.46. The Labute approximate surface area is 193 Å². The van der Waals surface area contributed by atoms with E-state index in [-0.39, 0.29) is 31.8 Å². The first-order valence-corrected chi connectivity index (χ1v) is 11.3. The molecule has 1 saturated heterocycles. The van der Waals surface area contributed by atoms with Gasteiger partial charge >= 0.3 is 12.2 Å². The van der Waals surface area contributed by atoms with Crippen LogP contribution in [-0.4, -0.2) is 38.3 Å². The maximum absolute atomic E-state index is 14.6. The average molecular weight is 498 g/mol. The number of rotatable bonds is 10. The fourth-order valence-corrected chi connectivity index (χ4v) is 4.20. The maximum Gasteiger partial charge on any atom is 0.358 e. The molecule has 0 N–H and O–H groups in total. The van der Waals surface area contributed by atoms with E-state index < -0.39 is 47.9 Å². The van der Waals surface area contributed by atoms with Gasteiger partial charge in [-0.25, -0.2) is 8.78 Å². The standard InChI is InChI=1S/C23H28F6O5/c1-2-3-14-4-6-15(7-5-14)23(28,29)34-17-10-31-21(32-11-17)13-30-16-8-18(24)22(19(25)9-16)33-12-20(26)27/h8-9,12,14-15,17,21H,2-7,10-11,13H2,1H3. The van der Waals surface area contributed by atoms with Gasteiger partial charge in [-0.15, -0.1) is 0 Å². The van der Waals surface area contributed by atoms with Crippen molar-refractivity contribution < 1.29 is 50.0 Å². The highest BCUT2D eigenvalue weighted by Crippen LogP contribution is 2.41. The molecule has 3 rings (SSSR count). The topological polar surface area (TPSA) is 46.2 Å². The molecule has 2 fully saturated rings. The summed E-state index contributed by atoms with van der Waals surface area (Å²) < 4.78 is 106. The van der Waals surface area contributed by atoms with Crippen LogP contribution in [0.4, 0.5) is 26.3 Å². The molecule has 2 aliphatic rings. The van der Waals surface area contributed by atoms with Gasteiger partial charge in [0.15, 0.2) is 29.9 Å². The summed E-state index contributed by atoms with van der Waals surface area (Å²) in [5.74, 6) is -4.11. The molecule has 0 spiro atoms. The third-order valence-corrected chi connectivity index (χ3v) is 5.90. The Morgan fingerprint density at radius 2 is 1.68 bits per heavy atom. The molecule has 0 aromatic heterocycles. The van der Waals surface area contributed by atoms with E-state index in [2.05, 4.69) is 11.7 Å². The number of benzene rings is 1. The summed E-state index contributed by atoms with van der Waals surface area (Å²) in [6, 6.07) is 1.49. The molecule has 1 aromatic rings. The summed E-state index contributed by atoms with van der Waals surface area (Å²) in [4.78, 5) is 0. The van der Waals surface area contributed by atoms with Crippen molar-refractivity contribution in [3.63, 3.8) is 0 Å². The molecule has 5 nitrogen and oxygen atoms in total. The molecule has 1 saturated carbocycles. The summed E-state index contributed by atoms with van der Waals surface area (Å²) in [6.45, 7) is 1.48. The smallest absolute Gasteiger partial charge is 0.358 e. The minimum absolute atomic E-state index is 0.0921. The Hall–Kier alpha value is -1.98. The van der Waals surface area contributed by atoms with E-state index in [4.69, 9.17) is 18.9 Å². The Bertz CT molecular complexity index is 793. The third-order valence-electron chi connectivity index (χ3n) is 5.90. The van der Waals surface area contributed by atoms with Crippen molar-refractivity contribution in [3.05, 3.63) is 36.1 Å². The highest BCUT2D eigenvalue weighted by Gasteiger charge is 2.45. The van der Waals surface area contributed by atoms with Gasteiger partial charge in [-0.2, -0.15) is 17.6 Å². The molecule has 0 amide bonds. The summed E-state index contributed by atoms with van der Waals surface area (Å²) in [5.41, 5.74) is 0. The molecule has 1 aliphatic heterocycles. The van der Waals surface area contributed by atoms with E-state index in [1.54, 1.807) is 0 Å². The lowest BCUT2D eigenvalue weighted by molar-refractivity contribution is -0.334. The highest BCUT2D eigenvalue weighted by atomic mass is 19.3. The summed E-state index contributed by atoms with van der Waals surface area (Å²) >= 11 is 0. The number of ether oxygens (including phenoxy) is 5. The Morgan fingerprint density at radius 3 is 2.24 bits per heavy atom. The number of halogens is 6. The van der Waals surface area contributed by atoms with Crippen molar-refractivity contribution in [2.45, 2.75) is 64.0 Å². The zero-order valence-electron chi connectivity index (χ0n) is 18.7. The van der Waals surface area contributed by atoms with Crippen LogP contribution in [0.2, 0.25) is 0 Å². The fraction of sp³-hybridized carbons (Fsp3) is 0.652. The van der Waals surface area contributed by atoms with E-state index >= 15 is 0 Å². The van der Waals surface area contributed by atoms with Gasteiger partial charge in [-0.05, 0) is 31.6 Å². The van der Waals surface area contributed by atoms with E-state index in [1.165, 1.54) is 0 Å². The van der Waals surface area contributed by atoms with Crippen LogP contribution in [-0.2, 0) is 14.2 Å². The molecule has 0 radical (unpaired) electrons. The van der Waals surface area contributed by atoms with Gasteiger partial charge in [-0.3, -0.25) is 0 Å². The molecule has 0 atom stereocenters. The van der Waals surface area contributed by atoms with Gasteiger partial charge in [0.25, 0.3) is 0 Å². The van der Waals surface area contributed by atoms with Gasteiger partial charge in [-0.1, -0.05) is 19.8 Å². The van der Waals surface area contributed by atoms with Crippen molar-refractivity contribution in [2.24, 2.45) is 11.8 Å². The minimum atomic E-state index is -3.28. The maximum atomic E-state index is 14.6. The summed E-state index contributed by atoms with van der Waals surface area (Å²) in [6.07, 6.45) is -3.09. The largest absolute Gasteiger partial charge is 0.488 e. The first kappa shape index (κ1) is 26.6. The van der Waals surface area contributed by atoms with E-state index in [0.29, 0.717) is 18.8 Å². The van der Waals surface area contributed by atoms with Crippen LogP contribution in [0.5, 0.6) is 11.5 Å². The lowest BCUT2D eigenvalue weighted by Crippen LogP contribution is -2.45. The van der Waals surface area contributed by atoms with E-state index in [9.17, 15) is 26.3 Å². The number of hydrogen-bond acceptors (Lipinski definition) is 5. The molecular weight excluding hydrogens is 470 g/mol. The minimum Gasteiger partial charge on any atom is -0.488 e. The average Bonchev–Trinajstić information content (AvgIpc) is 2.78. The van der Waals surface area contributed by atoms with Crippen molar-refractivity contribution in [1.29, 1.82) is 0 Å². The van der Waals surface area contributed by atoms with Crippen LogP contribution in [0, 0.1) is 23.5 Å². The third kappa shape index (κ3) is 7.51. The molecule has 0 unspecified atom stereocenters. The molecule has 34 heavy (non-hydrogen) atoms. The van der Waals surface area contributed by atoms with Gasteiger partial charge < -0.3 is 23.7 Å². The lowest BCUT2D eigenvalue weighted by Gasteiger charge is -2.36. The zero-order valence-corrected chi connectivity index (χ0v) is 18.7. The second kappa shape index (κ2) is 12.1. The van der Waals surface area contributed by atoms with Gasteiger partial charge in [0, 0.05) is 12.1 Å².